The van der Waals surface area contributed by atoms with Crippen LogP contribution in [0.2, 0.25) is 5.02 Å². The first-order valence-electron chi connectivity index (χ1n) is 15.4. The number of ketones is 1. The first-order chi connectivity index (χ1) is 23.3. The van der Waals surface area contributed by atoms with E-state index in [2.05, 4.69) is 15.6 Å². The summed E-state index contributed by atoms with van der Waals surface area (Å²) in [6.45, 7) is 0.246. The molecule has 2 N–H and O–H groups in total. The summed E-state index contributed by atoms with van der Waals surface area (Å²) in [4.78, 5) is 42.1. The second-order valence-corrected chi connectivity index (χ2v) is 11.9. The number of ether oxygens (including phenoxy) is 3. The molecule has 0 bridgehead atoms. The van der Waals surface area contributed by atoms with Gasteiger partial charge in [0.2, 0.25) is 0 Å². The number of nitrogens with one attached hydrogen (secondary N) is 2. The second kappa shape index (κ2) is 17.5. The van der Waals surface area contributed by atoms with Crippen molar-refractivity contribution in [3.8, 4) is 0 Å². The number of Topliss-reactive ketones (excluding diaryl/α,β-unsaturated/α-hetero) is 1. The highest BCUT2D eigenvalue weighted by Gasteiger charge is 2.34. The van der Waals surface area contributed by atoms with Crippen LogP contribution in [-0.2, 0) is 36.6 Å². The van der Waals surface area contributed by atoms with Gasteiger partial charge in [-0.1, -0.05) is 35.9 Å². The van der Waals surface area contributed by atoms with Crippen LogP contribution in [0.3, 0.4) is 0 Å². The number of nitrogens with zero attached hydrogens (tertiary/aromatic N) is 1. The molecule has 15 heteroatoms. The van der Waals surface area contributed by atoms with Crippen molar-refractivity contribution in [2.75, 3.05) is 26.9 Å². The van der Waals surface area contributed by atoms with Crippen molar-refractivity contribution in [1.29, 1.82) is 0 Å². The topological polar surface area (TPSA) is 116 Å². The van der Waals surface area contributed by atoms with Crippen LogP contribution in [0.25, 0.3) is 0 Å². The summed E-state index contributed by atoms with van der Waals surface area (Å²) in [6, 6.07) is 10.5. The summed E-state index contributed by atoms with van der Waals surface area (Å²) in [6.07, 6.45) is -5.18. The van der Waals surface area contributed by atoms with Crippen LogP contribution in [0, 0.1) is 11.6 Å². The van der Waals surface area contributed by atoms with E-state index in [4.69, 9.17) is 25.8 Å². The predicted octanol–water partition coefficient (Wildman–Crippen LogP) is 5.86. The number of hydrogen-bond acceptors (Lipinski definition) is 8. The monoisotopic (exact) mass is 711 g/mol. The molecule has 49 heavy (non-hydrogen) atoms. The second-order valence-electron chi connectivity index (χ2n) is 11.5. The molecule has 0 spiro atoms. The smallest absolute Gasteiger partial charge is 0.407 e. The van der Waals surface area contributed by atoms with Gasteiger partial charge in [-0.25, -0.2) is 13.6 Å². The largest absolute Gasteiger partial charge is 0.464 e. The van der Waals surface area contributed by atoms with E-state index in [1.807, 2.05) is 0 Å². The van der Waals surface area contributed by atoms with Crippen LogP contribution in [-0.4, -0.2) is 74.1 Å². The Labute approximate surface area is 284 Å². The predicted molar refractivity (Wildman–Crippen MR) is 168 cm³/mol. The molecule has 2 heterocycles. The highest BCUT2D eigenvalue weighted by Crippen LogP contribution is 2.32. The van der Waals surface area contributed by atoms with Gasteiger partial charge in [0.1, 0.15) is 24.3 Å². The van der Waals surface area contributed by atoms with Gasteiger partial charge >= 0.3 is 18.2 Å². The van der Waals surface area contributed by atoms with Crippen molar-refractivity contribution in [3.63, 3.8) is 0 Å². The molecule has 0 aliphatic carbocycles. The molecule has 0 unspecified atom stereocenters. The fraction of sp³-hybridized carbons (Fsp3) is 0.412. The summed E-state index contributed by atoms with van der Waals surface area (Å²) >= 11 is 6.27. The van der Waals surface area contributed by atoms with Crippen LogP contribution in [0.1, 0.15) is 47.4 Å². The average Bonchev–Trinajstić information content (AvgIpc) is 3.06. The lowest BCUT2D eigenvalue weighted by Gasteiger charge is -2.30. The summed E-state index contributed by atoms with van der Waals surface area (Å²) in [7, 11) is 1.15. The van der Waals surface area contributed by atoms with Gasteiger partial charge in [-0.05, 0) is 59.4 Å². The summed E-state index contributed by atoms with van der Waals surface area (Å²) in [5.41, 5.74) is 1.58. The maximum absolute atomic E-state index is 15.2. The Morgan fingerprint density at radius 1 is 1.10 bits per heavy atom. The third kappa shape index (κ3) is 11.5. The molecule has 2 aromatic carbocycles. The van der Waals surface area contributed by atoms with E-state index >= 15 is 4.39 Å². The van der Waals surface area contributed by atoms with Gasteiger partial charge in [-0.2, -0.15) is 13.2 Å². The minimum atomic E-state index is -4.45. The zero-order valence-corrected chi connectivity index (χ0v) is 27.2. The minimum Gasteiger partial charge on any atom is -0.464 e. The third-order valence-corrected chi connectivity index (χ3v) is 8.21. The fourth-order valence-corrected chi connectivity index (χ4v) is 5.69. The van der Waals surface area contributed by atoms with Gasteiger partial charge < -0.3 is 24.8 Å². The van der Waals surface area contributed by atoms with Crippen molar-refractivity contribution < 1.29 is 50.5 Å². The molecule has 1 fully saturated rings. The minimum absolute atomic E-state index is 0.108. The van der Waals surface area contributed by atoms with Gasteiger partial charge in [0.15, 0.2) is 5.78 Å². The maximum atomic E-state index is 15.2. The number of alkyl carbamates (subject to hydrolysis) is 1. The standard InChI is InChI=1S/C34H35ClF5N3O6/c1-47-33(46)43-32(31(20-5-7-24(36)8-6-20)21-3-2-4-23(35)13-21)29(44)14-22-15-41-17-28(37)27(22)10-9-26-16-42-25(18-48-26)19-49-30(45)11-12-34(38,39)40/h2-8,13,15,17,25-26,31-32,42H,9-12,14,16,18-19H2,1H3,(H,43,46)/t25-,26+,31-,32+/m0/s1. The fourth-order valence-electron chi connectivity index (χ4n) is 5.49. The lowest BCUT2D eigenvalue weighted by atomic mass is 9.81. The first-order valence-corrected chi connectivity index (χ1v) is 15.8. The first kappa shape index (κ1) is 37.7. The maximum Gasteiger partial charge on any atom is 0.407 e. The Balaban J connectivity index is 1.45. The SMILES string of the molecule is COC(=O)N[C@H](C(=O)Cc1cncc(F)c1CC[C@@H]1CN[C@H](COC(=O)CCC(F)(F)F)CO1)[C@@H](c1ccc(F)cc1)c1cccc(Cl)c1. The van der Waals surface area contributed by atoms with E-state index in [0.29, 0.717) is 29.1 Å². The molecule has 264 valence electrons. The molecule has 4 atom stereocenters. The van der Waals surface area contributed by atoms with E-state index < -0.39 is 66.5 Å². The molecule has 4 rings (SSSR count). The number of morpholine rings is 1. The van der Waals surface area contributed by atoms with Crippen LogP contribution in [0.15, 0.2) is 60.9 Å². The number of rotatable bonds is 14. The Morgan fingerprint density at radius 3 is 2.51 bits per heavy atom. The number of carbonyl (C=O) groups is 3. The van der Waals surface area contributed by atoms with E-state index in [1.165, 1.54) is 30.5 Å². The Hall–Kier alpha value is -4.14. The van der Waals surface area contributed by atoms with E-state index in [-0.39, 0.29) is 43.3 Å². The van der Waals surface area contributed by atoms with Crippen LogP contribution >= 0.6 is 11.6 Å². The molecule has 1 aliphatic heterocycles. The van der Waals surface area contributed by atoms with Gasteiger partial charge in [-0.3, -0.25) is 14.6 Å². The number of halogens is 6. The number of carbonyl (C=O) groups excluding carboxylic acids is 3. The molecule has 0 radical (unpaired) electrons. The van der Waals surface area contributed by atoms with E-state index in [1.54, 1.807) is 24.3 Å². The zero-order chi connectivity index (χ0) is 35.6. The molecular weight excluding hydrogens is 677 g/mol. The van der Waals surface area contributed by atoms with Crippen molar-refractivity contribution in [2.24, 2.45) is 0 Å². The molecular formula is C34H35ClF5N3O6. The Bertz CT molecular complexity index is 1590. The lowest BCUT2D eigenvalue weighted by Crippen LogP contribution is -2.49. The number of benzene rings is 2. The molecule has 0 saturated carbocycles. The van der Waals surface area contributed by atoms with Crippen molar-refractivity contribution in [2.45, 2.75) is 62.4 Å². The van der Waals surface area contributed by atoms with Crippen molar-refractivity contribution in [1.82, 2.24) is 15.6 Å². The van der Waals surface area contributed by atoms with Gasteiger partial charge in [0, 0.05) is 30.1 Å². The Morgan fingerprint density at radius 2 is 1.86 bits per heavy atom. The number of amides is 1. The zero-order valence-electron chi connectivity index (χ0n) is 26.4. The quantitative estimate of drug-likeness (QED) is 0.158. The van der Waals surface area contributed by atoms with Crippen molar-refractivity contribution in [3.05, 3.63) is 99.8 Å². The Kier molecular flexibility index (Phi) is 13.5. The molecule has 9 nitrogen and oxygen atoms in total. The van der Waals surface area contributed by atoms with E-state index in [0.717, 1.165) is 13.3 Å². The van der Waals surface area contributed by atoms with Crippen LogP contribution < -0.4 is 10.6 Å². The van der Waals surface area contributed by atoms with Crippen LogP contribution in [0.4, 0.5) is 26.7 Å². The average molecular weight is 712 g/mol. The molecule has 1 aliphatic rings. The molecule has 1 amide bonds. The summed E-state index contributed by atoms with van der Waals surface area (Å²) < 4.78 is 81.6. The third-order valence-electron chi connectivity index (χ3n) is 7.98. The summed E-state index contributed by atoms with van der Waals surface area (Å²) in [5, 5.41) is 6.09. The van der Waals surface area contributed by atoms with Gasteiger partial charge in [-0.15, -0.1) is 0 Å². The van der Waals surface area contributed by atoms with Gasteiger partial charge in [0.05, 0.1) is 44.9 Å². The highest BCUT2D eigenvalue weighted by atomic mass is 35.5. The number of hydrogen-bond donors (Lipinski definition) is 2. The molecule has 1 aromatic heterocycles. The van der Waals surface area contributed by atoms with Gasteiger partial charge in [0.25, 0.3) is 0 Å². The number of aromatic nitrogens is 1. The summed E-state index contributed by atoms with van der Waals surface area (Å²) in [5.74, 6) is -3.42. The molecule has 1 saturated heterocycles. The number of methoxy groups -OCH3 is 1. The molecule has 3 aromatic rings. The normalized spacial score (nSPS) is 17.5. The highest BCUT2D eigenvalue weighted by molar-refractivity contribution is 6.30. The number of pyridine rings is 1. The van der Waals surface area contributed by atoms with Crippen molar-refractivity contribution >= 4 is 29.4 Å². The van der Waals surface area contributed by atoms with Crippen LogP contribution in [0.5, 0.6) is 0 Å². The van der Waals surface area contributed by atoms with E-state index in [9.17, 15) is 31.9 Å². The number of esters is 1. The number of alkyl halides is 3. The lowest BCUT2D eigenvalue weighted by molar-refractivity contribution is -0.158.